The lowest BCUT2D eigenvalue weighted by atomic mass is 9.87. The lowest BCUT2D eigenvalue weighted by molar-refractivity contribution is -0.262. The third-order valence-corrected chi connectivity index (χ3v) is 2.40. The summed E-state index contributed by atoms with van der Waals surface area (Å²) in [6.07, 6.45) is -4.51. The minimum Gasteiger partial charge on any atom is -0.412 e. The molecule has 1 fully saturated rings. The number of rotatable bonds is 1. The molecule has 0 radical (unpaired) electrons. The van der Waals surface area contributed by atoms with Gasteiger partial charge < -0.3 is 30.6 Å². The molecule has 1 heterocycles. The Hall–Kier alpha value is -0.240. The van der Waals surface area contributed by atoms with Gasteiger partial charge in [-0.1, -0.05) is 0 Å². The molecule has 4 atom stereocenters. The van der Waals surface area contributed by atoms with Gasteiger partial charge in [0.15, 0.2) is 0 Å². The Labute approximate surface area is 82.1 Å². The topological polar surface area (TPSA) is 122 Å². The number of ether oxygens (including phenoxy) is 1. The van der Waals surface area contributed by atoms with Gasteiger partial charge in [-0.2, -0.15) is 0 Å². The molecule has 0 aromatic rings. The molecule has 0 amide bonds. The zero-order valence-electron chi connectivity index (χ0n) is 8.21. The van der Waals surface area contributed by atoms with Crippen LogP contribution in [0.2, 0.25) is 0 Å². The fourth-order valence-electron chi connectivity index (χ4n) is 1.49. The van der Waals surface area contributed by atoms with E-state index in [1.807, 2.05) is 0 Å². The molecule has 6 heteroatoms. The van der Waals surface area contributed by atoms with Crippen LogP contribution in [-0.4, -0.2) is 62.5 Å². The van der Waals surface area contributed by atoms with Gasteiger partial charge in [-0.15, -0.1) is 0 Å². The van der Waals surface area contributed by atoms with Gasteiger partial charge in [-0.3, -0.25) is 0 Å². The van der Waals surface area contributed by atoms with Gasteiger partial charge >= 0.3 is 0 Å². The first kappa shape index (κ1) is 13.8. The molecule has 1 aliphatic heterocycles. The van der Waals surface area contributed by atoms with Crippen molar-refractivity contribution in [3.05, 3.63) is 0 Å². The summed E-state index contributed by atoms with van der Waals surface area (Å²) in [6, 6.07) is 0. The molecule has 0 spiro atoms. The van der Waals surface area contributed by atoms with Crippen molar-refractivity contribution in [2.75, 3.05) is 6.61 Å². The number of aliphatic hydroxyl groups is 4. The first-order valence-electron chi connectivity index (χ1n) is 4.23. The van der Waals surface area contributed by atoms with Crippen LogP contribution in [0.3, 0.4) is 0 Å². The Kier molecular flexibility index (Phi) is 4.44. The van der Waals surface area contributed by atoms with E-state index in [2.05, 4.69) is 0 Å². The van der Waals surface area contributed by atoms with Crippen LogP contribution < -0.4 is 0 Å². The summed E-state index contributed by atoms with van der Waals surface area (Å²) in [7, 11) is 0. The maximum atomic E-state index is 9.47. The predicted octanol–water partition coefficient (Wildman–Crippen LogP) is -2.59. The quantitative estimate of drug-likeness (QED) is 0.378. The Morgan fingerprint density at radius 3 is 2.07 bits per heavy atom. The Bertz CT molecular complexity index is 181. The molecular weight excluding hydrogens is 192 g/mol. The number of hydrogen-bond donors (Lipinski definition) is 4. The van der Waals surface area contributed by atoms with Crippen LogP contribution in [0, 0.1) is 0 Å². The van der Waals surface area contributed by atoms with Gasteiger partial charge in [0.25, 0.3) is 0 Å². The highest BCUT2D eigenvalue weighted by atomic mass is 16.6. The SMILES string of the molecule is CC1(C)OC(CO)[C@H](O)[C@@H](O)C1O.O. The van der Waals surface area contributed by atoms with Crippen LogP contribution >= 0.6 is 0 Å². The maximum Gasteiger partial charge on any atom is 0.111 e. The van der Waals surface area contributed by atoms with Crippen LogP contribution in [-0.2, 0) is 4.74 Å². The average Bonchev–Trinajstić information content (AvgIpc) is 2.08. The van der Waals surface area contributed by atoms with Gasteiger partial charge in [0, 0.05) is 0 Å². The molecule has 1 aliphatic rings. The van der Waals surface area contributed by atoms with E-state index in [4.69, 9.17) is 9.84 Å². The minimum absolute atomic E-state index is 0. The molecule has 1 saturated heterocycles. The molecule has 6 nitrogen and oxygen atoms in total. The second kappa shape index (κ2) is 4.52. The largest absolute Gasteiger partial charge is 0.412 e. The summed E-state index contributed by atoms with van der Waals surface area (Å²) in [5.41, 5.74) is -0.952. The minimum atomic E-state index is -1.28. The van der Waals surface area contributed by atoms with Gasteiger partial charge in [0.2, 0.25) is 0 Å². The van der Waals surface area contributed by atoms with E-state index >= 15 is 0 Å². The van der Waals surface area contributed by atoms with Crippen molar-refractivity contribution in [3.8, 4) is 0 Å². The van der Waals surface area contributed by atoms with Gasteiger partial charge in [-0.05, 0) is 13.8 Å². The second-order valence-corrected chi connectivity index (χ2v) is 3.87. The molecule has 0 aliphatic carbocycles. The third kappa shape index (κ3) is 2.22. The Morgan fingerprint density at radius 2 is 1.64 bits per heavy atom. The number of hydrogen-bond acceptors (Lipinski definition) is 5. The maximum absolute atomic E-state index is 9.47. The second-order valence-electron chi connectivity index (χ2n) is 3.87. The summed E-state index contributed by atoms with van der Waals surface area (Å²) < 4.78 is 5.21. The van der Waals surface area contributed by atoms with Crippen molar-refractivity contribution >= 4 is 0 Å². The van der Waals surface area contributed by atoms with Crippen LogP contribution in [0.1, 0.15) is 13.8 Å². The molecule has 14 heavy (non-hydrogen) atoms. The molecule has 2 unspecified atom stereocenters. The van der Waals surface area contributed by atoms with Crippen molar-refractivity contribution in [1.29, 1.82) is 0 Å². The molecule has 0 saturated carbocycles. The van der Waals surface area contributed by atoms with E-state index in [9.17, 15) is 15.3 Å². The molecule has 0 bridgehead atoms. The highest BCUT2D eigenvalue weighted by Gasteiger charge is 2.47. The van der Waals surface area contributed by atoms with E-state index in [0.717, 1.165) is 0 Å². The molecular formula is C8H18O6. The van der Waals surface area contributed by atoms with Crippen LogP contribution in [0.4, 0.5) is 0 Å². The first-order valence-corrected chi connectivity index (χ1v) is 4.23. The van der Waals surface area contributed by atoms with Crippen molar-refractivity contribution in [2.45, 2.75) is 43.9 Å². The third-order valence-electron chi connectivity index (χ3n) is 2.40. The molecule has 86 valence electrons. The van der Waals surface area contributed by atoms with E-state index < -0.39 is 30.0 Å². The molecule has 1 rings (SSSR count). The summed E-state index contributed by atoms with van der Waals surface area (Å²) in [5, 5.41) is 37.0. The van der Waals surface area contributed by atoms with Crippen molar-refractivity contribution in [3.63, 3.8) is 0 Å². The van der Waals surface area contributed by atoms with E-state index in [0.29, 0.717) is 0 Å². The summed E-state index contributed by atoms with van der Waals surface area (Å²) in [5.74, 6) is 0. The zero-order chi connectivity index (χ0) is 10.2. The molecule has 0 aromatic carbocycles. The fourth-order valence-corrected chi connectivity index (χ4v) is 1.49. The zero-order valence-corrected chi connectivity index (χ0v) is 8.21. The summed E-state index contributed by atoms with van der Waals surface area (Å²) >= 11 is 0. The van der Waals surface area contributed by atoms with Crippen LogP contribution in [0.5, 0.6) is 0 Å². The van der Waals surface area contributed by atoms with Crippen molar-refractivity contribution in [1.82, 2.24) is 0 Å². The average molecular weight is 210 g/mol. The normalized spacial score (nSPS) is 41.6. The first-order chi connectivity index (χ1) is 5.90. The lowest BCUT2D eigenvalue weighted by Crippen LogP contribution is -2.62. The Morgan fingerprint density at radius 1 is 1.14 bits per heavy atom. The van der Waals surface area contributed by atoms with Crippen LogP contribution in [0.25, 0.3) is 0 Å². The van der Waals surface area contributed by atoms with Gasteiger partial charge in [-0.25, -0.2) is 0 Å². The van der Waals surface area contributed by atoms with Gasteiger partial charge in [0.1, 0.15) is 24.4 Å². The van der Waals surface area contributed by atoms with Crippen molar-refractivity contribution < 1.29 is 30.6 Å². The predicted molar refractivity (Wildman–Crippen MR) is 47.7 cm³/mol. The van der Waals surface area contributed by atoms with Crippen LogP contribution in [0.15, 0.2) is 0 Å². The molecule has 6 N–H and O–H groups in total. The van der Waals surface area contributed by atoms with Gasteiger partial charge in [0.05, 0.1) is 12.2 Å². The smallest absolute Gasteiger partial charge is 0.111 e. The standard InChI is InChI=1S/C8H16O5.H2O/c1-8(2)7(12)6(11)5(10)4(3-9)13-8;/h4-7,9-12H,3H2,1-2H3;1H2/t4?,5-,6+,7?;/m0./s1. The fraction of sp³-hybridized carbons (Fsp3) is 1.00. The van der Waals surface area contributed by atoms with E-state index in [1.165, 1.54) is 0 Å². The summed E-state index contributed by atoms with van der Waals surface area (Å²) in [4.78, 5) is 0. The van der Waals surface area contributed by atoms with Crippen molar-refractivity contribution in [2.24, 2.45) is 0 Å². The van der Waals surface area contributed by atoms with E-state index in [-0.39, 0.29) is 12.1 Å². The Balaban J connectivity index is 0.00000169. The molecule has 0 aromatic heterocycles. The monoisotopic (exact) mass is 210 g/mol. The lowest BCUT2D eigenvalue weighted by Gasteiger charge is -2.45. The van der Waals surface area contributed by atoms with E-state index in [1.54, 1.807) is 13.8 Å². The summed E-state index contributed by atoms with van der Waals surface area (Å²) in [6.45, 7) is 2.80. The highest BCUT2D eigenvalue weighted by molar-refractivity contribution is 4.96. The highest BCUT2D eigenvalue weighted by Crippen LogP contribution is 2.28. The number of aliphatic hydroxyl groups excluding tert-OH is 4.